The highest BCUT2D eigenvalue weighted by Crippen LogP contribution is 2.42. The molecule has 8 nitrogen and oxygen atoms in total. The maximum atomic E-state index is 12.3. The van der Waals surface area contributed by atoms with Gasteiger partial charge in [0.2, 0.25) is 0 Å². The van der Waals surface area contributed by atoms with Crippen LogP contribution in [0.1, 0.15) is 20.1 Å². The zero-order chi connectivity index (χ0) is 16.1. The minimum atomic E-state index is -0.756. The summed E-state index contributed by atoms with van der Waals surface area (Å²) in [6, 6.07) is 1.32. The van der Waals surface area contributed by atoms with Crippen molar-refractivity contribution in [2.75, 3.05) is 13.7 Å². The van der Waals surface area contributed by atoms with Crippen molar-refractivity contribution in [3.05, 3.63) is 33.1 Å². The first kappa shape index (κ1) is 15.4. The largest absolute Gasteiger partial charge is 0.382 e. The molecule has 0 aromatic carbocycles. The average molecular weight is 312 g/mol. The molecule has 8 heteroatoms. The summed E-state index contributed by atoms with van der Waals surface area (Å²) < 4.78 is 25.2. The van der Waals surface area contributed by atoms with Crippen LogP contribution < -0.4 is 11.2 Å². The van der Waals surface area contributed by atoms with Crippen LogP contribution >= 0.6 is 0 Å². The summed E-state index contributed by atoms with van der Waals surface area (Å²) in [6.07, 6.45) is -0.345. The number of hydrogen-bond acceptors (Lipinski definition) is 6. The summed E-state index contributed by atoms with van der Waals surface area (Å²) in [6.45, 7) is 3.96. The van der Waals surface area contributed by atoms with E-state index in [1.54, 1.807) is 7.11 Å². The lowest BCUT2D eigenvalue weighted by Crippen LogP contribution is -2.41. The van der Waals surface area contributed by atoms with Gasteiger partial charge >= 0.3 is 5.69 Å². The zero-order valence-electron chi connectivity index (χ0n) is 13.0. The van der Waals surface area contributed by atoms with E-state index in [-0.39, 0.29) is 17.8 Å². The molecule has 0 N–H and O–H groups in total. The van der Waals surface area contributed by atoms with Gasteiger partial charge in [0.15, 0.2) is 12.0 Å². The Morgan fingerprint density at radius 1 is 1.27 bits per heavy atom. The molecule has 2 aliphatic rings. The number of methoxy groups -OCH3 is 1. The van der Waals surface area contributed by atoms with Crippen molar-refractivity contribution >= 4 is 0 Å². The fourth-order valence-corrected chi connectivity index (χ4v) is 2.96. The molecule has 3 heterocycles. The highest BCUT2D eigenvalue weighted by Gasteiger charge is 2.56. The number of ether oxygens (including phenoxy) is 4. The van der Waals surface area contributed by atoms with E-state index in [4.69, 9.17) is 18.9 Å². The second-order valence-corrected chi connectivity index (χ2v) is 5.99. The Kier molecular flexibility index (Phi) is 3.72. The Balaban J connectivity index is 1.99. The summed E-state index contributed by atoms with van der Waals surface area (Å²) in [5, 5.41) is 0. The smallest absolute Gasteiger partial charge is 0.332 e. The molecule has 2 fully saturated rings. The highest BCUT2D eigenvalue weighted by molar-refractivity contribution is 4.99. The normalized spacial score (nSPS) is 33.1. The molecule has 0 bridgehead atoms. The molecule has 0 saturated carbocycles. The molecular weight excluding hydrogens is 292 g/mol. The average Bonchev–Trinajstić information content (AvgIpc) is 2.92. The van der Waals surface area contributed by atoms with Gasteiger partial charge in [-0.25, -0.2) is 4.79 Å². The summed E-state index contributed by atoms with van der Waals surface area (Å²) in [4.78, 5) is 23.8. The number of fused-ring (bicyclic) bond motifs is 1. The molecule has 0 spiro atoms. The van der Waals surface area contributed by atoms with Crippen molar-refractivity contribution in [2.24, 2.45) is 7.05 Å². The van der Waals surface area contributed by atoms with E-state index in [0.29, 0.717) is 6.61 Å². The predicted octanol–water partition coefficient (Wildman–Crippen LogP) is -0.389. The lowest BCUT2D eigenvalue weighted by atomic mass is 10.1. The third-order valence-corrected chi connectivity index (χ3v) is 3.95. The maximum Gasteiger partial charge on any atom is 0.332 e. The Bertz CT molecular complexity index is 679. The Morgan fingerprint density at radius 2 is 1.95 bits per heavy atom. The van der Waals surface area contributed by atoms with E-state index in [2.05, 4.69) is 0 Å². The van der Waals surface area contributed by atoms with Gasteiger partial charge in [-0.3, -0.25) is 13.9 Å². The van der Waals surface area contributed by atoms with Crippen LogP contribution in [0, 0.1) is 0 Å². The van der Waals surface area contributed by atoms with Gasteiger partial charge in [-0.05, 0) is 13.8 Å². The van der Waals surface area contributed by atoms with E-state index < -0.39 is 23.8 Å². The molecule has 2 aliphatic heterocycles. The number of hydrogen-bond donors (Lipinski definition) is 0. The molecule has 0 radical (unpaired) electrons. The maximum absolute atomic E-state index is 12.3. The number of nitrogens with zero attached hydrogens (tertiary/aromatic N) is 2. The predicted molar refractivity (Wildman–Crippen MR) is 75.6 cm³/mol. The summed E-state index contributed by atoms with van der Waals surface area (Å²) in [7, 11) is 3.00. The summed E-state index contributed by atoms with van der Waals surface area (Å²) in [5.41, 5.74) is -0.823. The van der Waals surface area contributed by atoms with E-state index in [1.165, 1.54) is 23.9 Å². The topological polar surface area (TPSA) is 80.9 Å². The monoisotopic (exact) mass is 312 g/mol. The van der Waals surface area contributed by atoms with Crippen molar-refractivity contribution in [2.45, 2.75) is 44.2 Å². The standard InChI is InChI=1S/C14H20N2O6/c1-14(2)21-10-8(7-19-4)20-12(11(10)22-14)16-6-5-9(17)15(3)13(16)18/h5-6,8,10-12H,7H2,1-4H3/t8-,10-,11-,12-/m1/s1. The van der Waals surface area contributed by atoms with Crippen LogP contribution in [0.15, 0.2) is 21.9 Å². The SMILES string of the molecule is COC[C@H]1O[C@@H](n2ccc(=O)n(C)c2=O)[C@@H]2OC(C)(C)O[C@@H]21. The summed E-state index contributed by atoms with van der Waals surface area (Å²) >= 11 is 0. The van der Waals surface area contributed by atoms with Crippen LogP contribution in [0.5, 0.6) is 0 Å². The first-order valence-corrected chi connectivity index (χ1v) is 7.12. The molecule has 122 valence electrons. The Labute approximate surface area is 127 Å². The second-order valence-electron chi connectivity index (χ2n) is 5.99. The van der Waals surface area contributed by atoms with Crippen molar-refractivity contribution in [1.29, 1.82) is 0 Å². The Hall–Kier alpha value is -1.48. The van der Waals surface area contributed by atoms with Gasteiger partial charge in [-0.1, -0.05) is 0 Å². The molecule has 3 rings (SSSR count). The van der Waals surface area contributed by atoms with E-state index in [1.807, 2.05) is 13.8 Å². The van der Waals surface area contributed by atoms with Gasteiger partial charge < -0.3 is 18.9 Å². The van der Waals surface area contributed by atoms with Gasteiger partial charge in [0, 0.05) is 26.4 Å². The first-order chi connectivity index (χ1) is 10.3. The molecule has 1 aromatic rings. The van der Waals surface area contributed by atoms with E-state index in [0.717, 1.165) is 4.57 Å². The molecule has 4 atom stereocenters. The first-order valence-electron chi connectivity index (χ1n) is 7.12. The number of aromatic nitrogens is 2. The molecular formula is C14H20N2O6. The van der Waals surface area contributed by atoms with Crippen molar-refractivity contribution in [3.63, 3.8) is 0 Å². The third kappa shape index (κ3) is 2.41. The van der Waals surface area contributed by atoms with Gasteiger partial charge in [0.05, 0.1) is 6.61 Å². The lowest BCUT2D eigenvalue weighted by molar-refractivity contribution is -0.201. The third-order valence-electron chi connectivity index (χ3n) is 3.95. The number of rotatable bonds is 3. The van der Waals surface area contributed by atoms with Gasteiger partial charge in [-0.2, -0.15) is 0 Å². The second kappa shape index (κ2) is 5.31. The molecule has 22 heavy (non-hydrogen) atoms. The van der Waals surface area contributed by atoms with Crippen molar-refractivity contribution in [1.82, 2.24) is 9.13 Å². The minimum absolute atomic E-state index is 0.330. The van der Waals surface area contributed by atoms with Crippen LogP contribution in [0.2, 0.25) is 0 Å². The van der Waals surface area contributed by atoms with Gasteiger partial charge in [0.25, 0.3) is 5.56 Å². The molecule has 0 unspecified atom stereocenters. The highest BCUT2D eigenvalue weighted by atomic mass is 16.8. The van der Waals surface area contributed by atoms with Crippen LogP contribution in [0.25, 0.3) is 0 Å². The zero-order valence-corrected chi connectivity index (χ0v) is 13.0. The lowest BCUT2D eigenvalue weighted by Gasteiger charge is -2.24. The van der Waals surface area contributed by atoms with Crippen molar-refractivity contribution in [3.8, 4) is 0 Å². The molecule has 0 aliphatic carbocycles. The van der Waals surface area contributed by atoms with Crippen LogP contribution in [-0.4, -0.2) is 46.9 Å². The van der Waals surface area contributed by atoms with Crippen molar-refractivity contribution < 1.29 is 18.9 Å². The minimum Gasteiger partial charge on any atom is -0.382 e. The molecule has 2 saturated heterocycles. The quantitative estimate of drug-likeness (QED) is 0.756. The molecule has 1 aromatic heterocycles. The van der Waals surface area contributed by atoms with Crippen LogP contribution in [0.4, 0.5) is 0 Å². The fourth-order valence-electron chi connectivity index (χ4n) is 2.96. The van der Waals surface area contributed by atoms with E-state index >= 15 is 0 Å². The summed E-state index contributed by atoms with van der Waals surface area (Å²) in [5.74, 6) is -0.756. The fraction of sp³-hybridized carbons (Fsp3) is 0.714. The van der Waals surface area contributed by atoms with Gasteiger partial charge in [0.1, 0.15) is 18.3 Å². The van der Waals surface area contributed by atoms with Gasteiger partial charge in [-0.15, -0.1) is 0 Å². The Morgan fingerprint density at radius 3 is 2.64 bits per heavy atom. The van der Waals surface area contributed by atoms with Crippen LogP contribution in [-0.2, 0) is 26.0 Å². The molecule has 0 amide bonds. The van der Waals surface area contributed by atoms with E-state index in [9.17, 15) is 9.59 Å². The van der Waals surface area contributed by atoms with Crippen LogP contribution in [0.3, 0.4) is 0 Å².